The first kappa shape index (κ1) is 20.9. The third kappa shape index (κ3) is 5.60. The molecule has 0 atom stereocenters. The summed E-state index contributed by atoms with van der Waals surface area (Å²) in [5.74, 6) is 0.124. The van der Waals surface area contributed by atoms with Gasteiger partial charge in [0.05, 0.1) is 4.90 Å². The third-order valence-corrected chi connectivity index (χ3v) is 6.28. The lowest BCUT2D eigenvalue weighted by Crippen LogP contribution is -2.40. The zero-order chi connectivity index (χ0) is 20.9. The molecule has 0 unspecified atom stereocenters. The average Bonchev–Trinajstić information content (AvgIpc) is 2.72. The van der Waals surface area contributed by atoms with Gasteiger partial charge in [0, 0.05) is 50.0 Å². The number of benzene rings is 1. The number of nitrogens with zero attached hydrogens (tertiary/aromatic N) is 4. The number of amides is 1. The number of hydrogen-bond donors (Lipinski definition) is 1. The lowest BCUT2D eigenvalue weighted by molar-refractivity contribution is -0.129. The van der Waals surface area contributed by atoms with Gasteiger partial charge in [-0.3, -0.25) is 4.79 Å². The first-order valence-corrected chi connectivity index (χ1v) is 11.0. The van der Waals surface area contributed by atoms with Gasteiger partial charge < -0.3 is 4.90 Å². The topological polar surface area (TPSA) is 105 Å². The van der Waals surface area contributed by atoms with Crippen LogP contribution in [0.4, 0.5) is 0 Å². The molecule has 0 radical (unpaired) electrons. The van der Waals surface area contributed by atoms with Gasteiger partial charge in [0.2, 0.25) is 5.91 Å². The van der Waals surface area contributed by atoms with Crippen molar-refractivity contribution >= 4 is 21.6 Å². The van der Waals surface area contributed by atoms with E-state index in [4.69, 9.17) is 0 Å². The smallest absolute Gasteiger partial charge is 0.276 e. The highest BCUT2D eigenvalue weighted by molar-refractivity contribution is 7.89. The number of likely N-dealkylation sites (tertiary alicyclic amines) is 1. The van der Waals surface area contributed by atoms with Gasteiger partial charge in [-0.2, -0.15) is 13.5 Å². The summed E-state index contributed by atoms with van der Waals surface area (Å²) in [6.07, 6.45) is 4.99. The summed E-state index contributed by atoms with van der Waals surface area (Å²) in [4.78, 5) is 24.1. The molecule has 1 aromatic carbocycles. The molecule has 1 N–H and O–H groups in total. The van der Waals surface area contributed by atoms with E-state index in [0.717, 1.165) is 24.1 Å². The second-order valence-electron chi connectivity index (χ2n) is 7.17. The van der Waals surface area contributed by atoms with E-state index in [1.807, 2.05) is 6.92 Å². The lowest BCUT2D eigenvalue weighted by Gasteiger charge is -2.31. The van der Waals surface area contributed by atoms with E-state index < -0.39 is 10.0 Å². The highest BCUT2D eigenvalue weighted by atomic mass is 32.2. The van der Waals surface area contributed by atoms with Crippen molar-refractivity contribution in [1.82, 2.24) is 19.7 Å². The number of piperidine rings is 1. The van der Waals surface area contributed by atoms with Crippen molar-refractivity contribution in [2.45, 2.75) is 38.0 Å². The van der Waals surface area contributed by atoms with Crippen LogP contribution in [0.3, 0.4) is 0 Å². The van der Waals surface area contributed by atoms with Crippen LogP contribution in [0.2, 0.25) is 0 Å². The molecule has 1 aromatic heterocycles. The zero-order valence-corrected chi connectivity index (χ0v) is 17.4. The van der Waals surface area contributed by atoms with Crippen LogP contribution in [0.25, 0.3) is 0 Å². The fourth-order valence-corrected chi connectivity index (χ4v) is 4.14. The molecule has 0 spiro atoms. The van der Waals surface area contributed by atoms with Crippen molar-refractivity contribution in [3.63, 3.8) is 0 Å². The normalized spacial score (nSPS) is 15.9. The Kier molecular flexibility index (Phi) is 6.58. The number of sulfonamides is 1. The van der Waals surface area contributed by atoms with Crippen LogP contribution >= 0.6 is 0 Å². The molecule has 0 saturated carbocycles. The second kappa shape index (κ2) is 9.13. The highest BCUT2D eigenvalue weighted by Crippen LogP contribution is 2.21. The second-order valence-corrected chi connectivity index (χ2v) is 8.83. The van der Waals surface area contributed by atoms with Gasteiger partial charge in [0.1, 0.15) is 6.33 Å². The summed E-state index contributed by atoms with van der Waals surface area (Å²) in [6.45, 7) is 4.72. The highest BCUT2D eigenvalue weighted by Gasteiger charge is 2.26. The van der Waals surface area contributed by atoms with Crippen molar-refractivity contribution in [3.05, 3.63) is 54.1 Å². The van der Waals surface area contributed by atoms with Crippen LogP contribution < -0.4 is 4.83 Å². The fraction of sp³-hybridized carbons (Fsp3) is 0.400. The number of aromatic nitrogens is 2. The maximum Gasteiger partial charge on any atom is 0.276 e. The molecule has 1 fully saturated rings. The van der Waals surface area contributed by atoms with E-state index >= 15 is 0 Å². The molecule has 1 aliphatic rings. The molecule has 2 heterocycles. The van der Waals surface area contributed by atoms with Crippen LogP contribution in [0, 0.1) is 12.8 Å². The molecule has 3 rings (SSSR count). The van der Waals surface area contributed by atoms with Crippen molar-refractivity contribution < 1.29 is 13.2 Å². The van der Waals surface area contributed by atoms with E-state index in [-0.39, 0.29) is 16.7 Å². The number of rotatable bonds is 6. The summed E-state index contributed by atoms with van der Waals surface area (Å²) in [5.41, 5.74) is 2.46. The number of nitrogens with one attached hydrogen (secondary N) is 1. The SMILES string of the molecule is CC(=O)N1CCC(C(Cc2ccncn2)=NNS(=O)(=O)c2ccc(C)cc2)CC1. The van der Waals surface area contributed by atoms with Gasteiger partial charge in [-0.25, -0.2) is 14.8 Å². The van der Waals surface area contributed by atoms with Crippen LogP contribution in [-0.4, -0.2) is 48.0 Å². The monoisotopic (exact) mass is 415 g/mol. The van der Waals surface area contributed by atoms with E-state index in [2.05, 4.69) is 19.9 Å². The minimum Gasteiger partial charge on any atom is -0.343 e. The summed E-state index contributed by atoms with van der Waals surface area (Å²) >= 11 is 0. The largest absolute Gasteiger partial charge is 0.343 e. The Morgan fingerprint density at radius 2 is 1.90 bits per heavy atom. The van der Waals surface area contributed by atoms with Crippen molar-refractivity contribution in [2.75, 3.05) is 13.1 Å². The number of carbonyl (C=O) groups excluding carboxylic acids is 1. The molecule has 154 valence electrons. The van der Waals surface area contributed by atoms with Crippen molar-refractivity contribution in [1.29, 1.82) is 0 Å². The number of hydrazone groups is 1. The first-order chi connectivity index (χ1) is 13.8. The van der Waals surface area contributed by atoms with Crippen LogP contribution in [0.5, 0.6) is 0 Å². The predicted molar refractivity (Wildman–Crippen MR) is 110 cm³/mol. The number of hydrogen-bond acceptors (Lipinski definition) is 6. The molecule has 1 amide bonds. The van der Waals surface area contributed by atoms with Crippen molar-refractivity contribution in [2.24, 2.45) is 11.0 Å². The predicted octanol–water partition coefficient (Wildman–Crippen LogP) is 1.92. The molecule has 0 bridgehead atoms. The van der Waals surface area contributed by atoms with Gasteiger partial charge >= 0.3 is 0 Å². The zero-order valence-electron chi connectivity index (χ0n) is 16.6. The van der Waals surface area contributed by atoms with E-state index in [9.17, 15) is 13.2 Å². The minimum absolute atomic E-state index is 0.0535. The summed E-state index contributed by atoms with van der Waals surface area (Å²) in [5, 5.41) is 4.30. The molecule has 1 saturated heterocycles. The number of aryl methyl sites for hydroxylation is 1. The minimum atomic E-state index is -3.76. The Bertz CT molecular complexity index is 967. The Morgan fingerprint density at radius 3 is 2.48 bits per heavy atom. The van der Waals surface area contributed by atoms with Gasteiger partial charge in [0.15, 0.2) is 0 Å². The van der Waals surface area contributed by atoms with E-state index in [0.29, 0.717) is 25.2 Å². The maximum atomic E-state index is 12.6. The quantitative estimate of drug-likeness (QED) is 0.573. The van der Waals surface area contributed by atoms with Gasteiger partial charge in [0.25, 0.3) is 10.0 Å². The summed E-state index contributed by atoms with van der Waals surface area (Å²) in [6, 6.07) is 8.40. The Balaban J connectivity index is 1.80. The standard InChI is InChI=1S/C20H25N5O3S/c1-15-3-5-19(6-4-15)29(27,28)24-23-20(13-18-7-10-21-14-22-18)17-8-11-25(12-9-17)16(2)26/h3-7,10,14,17,24H,8-9,11-13H2,1-2H3. The van der Waals surface area contributed by atoms with E-state index in [1.165, 1.54) is 6.33 Å². The Morgan fingerprint density at radius 1 is 1.21 bits per heavy atom. The summed E-state index contributed by atoms with van der Waals surface area (Å²) < 4.78 is 25.3. The molecule has 2 aromatic rings. The molecule has 29 heavy (non-hydrogen) atoms. The maximum absolute atomic E-state index is 12.6. The van der Waals surface area contributed by atoms with Gasteiger partial charge in [-0.05, 0) is 38.0 Å². The van der Waals surface area contributed by atoms with Crippen molar-refractivity contribution in [3.8, 4) is 0 Å². The molecular weight excluding hydrogens is 390 g/mol. The van der Waals surface area contributed by atoms with Crippen LogP contribution in [-0.2, 0) is 21.2 Å². The molecular formula is C20H25N5O3S. The van der Waals surface area contributed by atoms with Crippen LogP contribution in [0.1, 0.15) is 31.0 Å². The molecule has 9 heteroatoms. The Labute approximate surface area is 171 Å². The number of carbonyl (C=O) groups is 1. The van der Waals surface area contributed by atoms with Gasteiger partial charge in [-0.15, -0.1) is 0 Å². The van der Waals surface area contributed by atoms with E-state index in [1.54, 1.807) is 48.4 Å². The molecule has 8 nitrogen and oxygen atoms in total. The molecule has 0 aliphatic carbocycles. The fourth-order valence-electron chi connectivity index (χ4n) is 3.30. The average molecular weight is 416 g/mol. The first-order valence-electron chi connectivity index (χ1n) is 9.50. The Hall–Kier alpha value is -2.81. The third-order valence-electron chi connectivity index (χ3n) is 5.06. The lowest BCUT2D eigenvalue weighted by atomic mass is 9.89. The van der Waals surface area contributed by atoms with Gasteiger partial charge in [-0.1, -0.05) is 17.7 Å². The summed E-state index contributed by atoms with van der Waals surface area (Å²) in [7, 11) is -3.76. The molecule has 1 aliphatic heterocycles. The van der Waals surface area contributed by atoms with Crippen LogP contribution in [0.15, 0.2) is 52.9 Å².